The molecule has 0 radical (unpaired) electrons. The van der Waals surface area contributed by atoms with E-state index in [1.807, 2.05) is 10.8 Å². The van der Waals surface area contributed by atoms with E-state index in [0.29, 0.717) is 12.1 Å². The average Bonchev–Trinajstić information content (AvgIpc) is 2.90. The number of nitrogens with one attached hydrogen (secondary N) is 1. The summed E-state index contributed by atoms with van der Waals surface area (Å²) < 4.78 is 2.03. The molecule has 1 aromatic heterocycles. The number of aromatic nitrogens is 2. The first kappa shape index (κ1) is 15.4. The fraction of sp³-hybridized carbons (Fsp3) is 0.438. The maximum atomic E-state index is 9.86. The van der Waals surface area contributed by atoms with E-state index in [9.17, 15) is 10.2 Å². The van der Waals surface area contributed by atoms with Crippen molar-refractivity contribution in [2.24, 2.45) is 5.41 Å². The van der Waals surface area contributed by atoms with Crippen LogP contribution >= 0.6 is 0 Å². The van der Waals surface area contributed by atoms with Crippen LogP contribution in [0.3, 0.4) is 0 Å². The molecule has 5 nitrogen and oxygen atoms in total. The highest BCUT2D eigenvalue weighted by atomic mass is 16.3. The number of phenols is 2. The van der Waals surface area contributed by atoms with Crippen LogP contribution in [0.15, 0.2) is 36.9 Å². The molecule has 0 saturated heterocycles. The van der Waals surface area contributed by atoms with Gasteiger partial charge in [-0.3, -0.25) is 0 Å². The van der Waals surface area contributed by atoms with Gasteiger partial charge in [-0.2, -0.15) is 0 Å². The second-order valence-corrected chi connectivity index (χ2v) is 6.34. The summed E-state index contributed by atoms with van der Waals surface area (Å²) in [5.74, 6) is -0.142. The number of nitrogens with zero attached hydrogens (tertiary/aromatic N) is 2. The molecule has 1 aromatic carbocycles. The Bertz CT molecular complexity index is 574. The van der Waals surface area contributed by atoms with Gasteiger partial charge >= 0.3 is 0 Å². The maximum Gasteiger partial charge on any atom is 0.161 e. The molecular formula is C16H23N3O2. The molecule has 0 aliphatic carbocycles. The second kappa shape index (κ2) is 6.18. The zero-order valence-corrected chi connectivity index (χ0v) is 12.7. The van der Waals surface area contributed by atoms with Crippen LogP contribution in [-0.4, -0.2) is 25.8 Å². The van der Waals surface area contributed by atoms with Crippen molar-refractivity contribution < 1.29 is 10.2 Å². The Balaban J connectivity index is 2.07. The van der Waals surface area contributed by atoms with Gasteiger partial charge in [0.25, 0.3) is 0 Å². The van der Waals surface area contributed by atoms with E-state index in [0.717, 1.165) is 6.54 Å². The van der Waals surface area contributed by atoms with Gasteiger partial charge in [0.2, 0.25) is 0 Å². The molecule has 1 heterocycles. The Hall–Kier alpha value is -2.01. The highest BCUT2D eigenvalue weighted by Gasteiger charge is 2.24. The summed E-state index contributed by atoms with van der Waals surface area (Å²) in [6.07, 6.45) is 5.50. The Kier molecular flexibility index (Phi) is 4.53. The third kappa shape index (κ3) is 3.98. The van der Waals surface area contributed by atoms with E-state index in [-0.39, 0.29) is 23.0 Å². The van der Waals surface area contributed by atoms with Gasteiger partial charge in [-0.15, -0.1) is 0 Å². The lowest BCUT2D eigenvalue weighted by atomic mass is 9.86. The SMILES string of the molecule is CC(C)(C)C(Cn1ccnc1)NCc1cccc(O)c1O. The monoisotopic (exact) mass is 289 g/mol. The number of phenolic OH excluding ortho intramolecular Hbond substituents is 2. The lowest BCUT2D eigenvalue weighted by Gasteiger charge is -2.32. The van der Waals surface area contributed by atoms with Crippen LogP contribution in [0.4, 0.5) is 0 Å². The minimum Gasteiger partial charge on any atom is -0.504 e. The molecule has 0 bridgehead atoms. The number of hydrogen-bond acceptors (Lipinski definition) is 4. The highest BCUT2D eigenvalue weighted by Crippen LogP contribution is 2.29. The molecule has 0 spiro atoms. The fourth-order valence-electron chi connectivity index (χ4n) is 2.20. The van der Waals surface area contributed by atoms with Crippen LogP contribution in [0.5, 0.6) is 11.5 Å². The molecule has 0 amide bonds. The number of imidazole rings is 1. The van der Waals surface area contributed by atoms with Gasteiger partial charge in [-0.25, -0.2) is 4.98 Å². The van der Waals surface area contributed by atoms with Crippen LogP contribution in [0.1, 0.15) is 26.3 Å². The van der Waals surface area contributed by atoms with Gasteiger partial charge in [0.05, 0.1) is 6.33 Å². The van der Waals surface area contributed by atoms with Crippen LogP contribution < -0.4 is 5.32 Å². The van der Waals surface area contributed by atoms with Gasteiger partial charge in [0.1, 0.15) is 0 Å². The van der Waals surface area contributed by atoms with E-state index in [2.05, 4.69) is 31.1 Å². The van der Waals surface area contributed by atoms with Crippen molar-refractivity contribution in [3.63, 3.8) is 0 Å². The molecule has 21 heavy (non-hydrogen) atoms. The highest BCUT2D eigenvalue weighted by molar-refractivity contribution is 5.44. The van der Waals surface area contributed by atoms with E-state index in [1.165, 1.54) is 6.07 Å². The van der Waals surface area contributed by atoms with Crippen LogP contribution in [-0.2, 0) is 13.1 Å². The van der Waals surface area contributed by atoms with E-state index in [1.54, 1.807) is 24.7 Å². The summed E-state index contributed by atoms with van der Waals surface area (Å²) >= 11 is 0. The lowest BCUT2D eigenvalue weighted by molar-refractivity contribution is 0.239. The molecule has 2 rings (SSSR count). The summed E-state index contributed by atoms with van der Waals surface area (Å²) in [4.78, 5) is 4.06. The van der Waals surface area contributed by atoms with E-state index < -0.39 is 0 Å². The third-order valence-corrected chi connectivity index (χ3v) is 3.64. The molecule has 2 aromatic rings. The number of aromatic hydroxyl groups is 2. The number of hydrogen-bond donors (Lipinski definition) is 3. The van der Waals surface area contributed by atoms with Crippen molar-refractivity contribution in [3.8, 4) is 11.5 Å². The lowest BCUT2D eigenvalue weighted by Crippen LogP contribution is -2.42. The molecule has 0 saturated carbocycles. The van der Waals surface area contributed by atoms with Gasteiger partial charge in [-0.05, 0) is 11.5 Å². The van der Waals surface area contributed by atoms with Gasteiger partial charge < -0.3 is 20.1 Å². The minimum atomic E-state index is -0.0868. The summed E-state index contributed by atoms with van der Waals surface area (Å²) in [6.45, 7) is 7.80. The fourth-order valence-corrected chi connectivity index (χ4v) is 2.20. The molecule has 3 N–H and O–H groups in total. The smallest absolute Gasteiger partial charge is 0.161 e. The molecular weight excluding hydrogens is 266 g/mol. The largest absolute Gasteiger partial charge is 0.504 e. The quantitative estimate of drug-likeness (QED) is 0.740. The standard InChI is InChI=1S/C16H23N3O2/c1-16(2,3)14(10-19-8-7-17-11-19)18-9-12-5-4-6-13(20)15(12)21/h4-8,11,14,18,20-21H,9-10H2,1-3H3. The summed E-state index contributed by atoms with van der Waals surface area (Å²) in [5, 5.41) is 22.9. The van der Waals surface area contributed by atoms with Gasteiger partial charge in [-0.1, -0.05) is 32.9 Å². The third-order valence-electron chi connectivity index (χ3n) is 3.64. The van der Waals surface area contributed by atoms with E-state index in [4.69, 9.17) is 0 Å². The molecule has 1 unspecified atom stereocenters. The predicted molar refractivity (Wildman–Crippen MR) is 82.1 cm³/mol. The first-order chi connectivity index (χ1) is 9.88. The van der Waals surface area contributed by atoms with E-state index >= 15 is 0 Å². The molecule has 114 valence electrons. The molecule has 0 aliphatic heterocycles. The van der Waals surface area contributed by atoms with Crippen molar-refractivity contribution >= 4 is 0 Å². The number of para-hydroxylation sites is 1. The average molecular weight is 289 g/mol. The topological polar surface area (TPSA) is 70.3 Å². The number of rotatable bonds is 5. The van der Waals surface area contributed by atoms with Crippen LogP contribution in [0.2, 0.25) is 0 Å². The van der Waals surface area contributed by atoms with Crippen LogP contribution in [0.25, 0.3) is 0 Å². The van der Waals surface area contributed by atoms with Crippen LogP contribution in [0, 0.1) is 5.41 Å². The first-order valence-electron chi connectivity index (χ1n) is 7.07. The van der Waals surface area contributed by atoms with Crippen molar-refractivity contribution in [3.05, 3.63) is 42.5 Å². The first-order valence-corrected chi connectivity index (χ1v) is 7.07. The minimum absolute atomic E-state index is 0.0523. The van der Waals surface area contributed by atoms with Crippen molar-refractivity contribution in [1.82, 2.24) is 14.9 Å². The summed E-state index contributed by atoms with van der Waals surface area (Å²) in [5.41, 5.74) is 0.742. The zero-order chi connectivity index (χ0) is 15.5. The zero-order valence-electron chi connectivity index (χ0n) is 12.7. The van der Waals surface area contributed by atoms with Gasteiger partial charge in [0.15, 0.2) is 11.5 Å². The predicted octanol–water partition coefficient (Wildman–Crippen LogP) is 2.50. The molecule has 0 fully saturated rings. The maximum absolute atomic E-state index is 9.86. The Morgan fingerprint density at radius 3 is 2.67 bits per heavy atom. The Morgan fingerprint density at radius 2 is 2.05 bits per heavy atom. The van der Waals surface area contributed by atoms with Gasteiger partial charge in [0, 0.05) is 37.1 Å². The molecule has 0 aliphatic rings. The van der Waals surface area contributed by atoms with Crippen molar-refractivity contribution in [2.45, 2.75) is 39.9 Å². The second-order valence-electron chi connectivity index (χ2n) is 6.34. The Labute approximate surface area is 125 Å². The Morgan fingerprint density at radius 1 is 1.29 bits per heavy atom. The number of benzene rings is 1. The molecule has 5 heteroatoms. The normalized spacial score (nSPS) is 13.3. The summed E-state index contributed by atoms with van der Waals surface area (Å²) in [7, 11) is 0. The van der Waals surface area contributed by atoms with Crippen molar-refractivity contribution in [1.29, 1.82) is 0 Å². The molecule has 1 atom stereocenters. The summed E-state index contributed by atoms with van der Waals surface area (Å²) in [6, 6.07) is 5.21. The van der Waals surface area contributed by atoms with Crippen molar-refractivity contribution in [2.75, 3.05) is 0 Å².